The van der Waals surface area contributed by atoms with Crippen molar-refractivity contribution in [1.82, 2.24) is 0 Å². The van der Waals surface area contributed by atoms with Crippen LogP contribution in [0.15, 0.2) is 29.8 Å². The SMILES string of the molecule is N#C/C(=C\c1ccccc1B(O)O)C(=O)O. The summed E-state index contributed by atoms with van der Waals surface area (Å²) in [5.74, 6) is -1.36. The summed E-state index contributed by atoms with van der Waals surface area (Å²) in [5, 5.41) is 35.3. The molecule has 0 heterocycles. The topological polar surface area (TPSA) is 102 Å². The Bertz CT molecular complexity index is 476. The molecular formula is C10H8BNO4. The number of nitriles is 1. The van der Waals surface area contributed by atoms with Gasteiger partial charge >= 0.3 is 13.1 Å². The third kappa shape index (κ3) is 2.70. The molecule has 0 aromatic heterocycles. The first kappa shape index (κ1) is 12.0. The molecule has 0 unspecified atom stereocenters. The average Bonchev–Trinajstić information content (AvgIpc) is 2.25. The maximum absolute atomic E-state index is 10.6. The van der Waals surface area contributed by atoms with Crippen molar-refractivity contribution in [3.8, 4) is 6.07 Å². The number of aliphatic carboxylic acids is 1. The van der Waals surface area contributed by atoms with Gasteiger partial charge in [-0.25, -0.2) is 4.79 Å². The predicted octanol–water partition coefficient (Wildman–Crippen LogP) is -0.642. The minimum Gasteiger partial charge on any atom is -0.477 e. The second-order valence-electron chi connectivity index (χ2n) is 2.98. The molecule has 16 heavy (non-hydrogen) atoms. The minimum absolute atomic E-state index is 0.150. The summed E-state index contributed by atoms with van der Waals surface area (Å²) < 4.78 is 0. The maximum Gasteiger partial charge on any atom is 0.489 e. The molecule has 0 atom stereocenters. The molecule has 0 aliphatic heterocycles. The Balaban J connectivity index is 3.24. The molecule has 0 aliphatic carbocycles. The van der Waals surface area contributed by atoms with E-state index in [-0.39, 0.29) is 11.0 Å². The normalized spacial score (nSPS) is 10.7. The van der Waals surface area contributed by atoms with Crippen molar-refractivity contribution >= 4 is 24.6 Å². The van der Waals surface area contributed by atoms with Crippen molar-refractivity contribution in [2.24, 2.45) is 0 Å². The van der Waals surface area contributed by atoms with Crippen LogP contribution >= 0.6 is 0 Å². The Morgan fingerprint density at radius 2 is 2.00 bits per heavy atom. The number of carbonyl (C=O) groups is 1. The van der Waals surface area contributed by atoms with Gasteiger partial charge in [0.15, 0.2) is 0 Å². The molecule has 3 N–H and O–H groups in total. The lowest BCUT2D eigenvalue weighted by Crippen LogP contribution is -2.31. The van der Waals surface area contributed by atoms with E-state index < -0.39 is 18.7 Å². The van der Waals surface area contributed by atoms with Crippen LogP contribution in [0.4, 0.5) is 0 Å². The van der Waals surface area contributed by atoms with Crippen molar-refractivity contribution in [2.45, 2.75) is 0 Å². The van der Waals surface area contributed by atoms with Crippen LogP contribution in [0.5, 0.6) is 0 Å². The van der Waals surface area contributed by atoms with Gasteiger partial charge in [-0.2, -0.15) is 5.26 Å². The van der Waals surface area contributed by atoms with Crippen molar-refractivity contribution in [3.63, 3.8) is 0 Å². The van der Waals surface area contributed by atoms with Gasteiger partial charge in [-0.15, -0.1) is 0 Å². The molecule has 0 radical (unpaired) electrons. The van der Waals surface area contributed by atoms with Gasteiger partial charge in [0, 0.05) is 0 Å². The second kappa shape index (κ2) is 5.12. The van der Waals surface area contributed by atoms with Gasteiger partial charge in [0.2, 0.25) is 0 Å². The van der Waals surface area contributed by atoms with Gasteiger partial charge in [-0.1, -0.05) is 24.3 Å². The highest BCUT2D eigenvalue weighted by molar-refractivity contribution is 6.59. The smallest absolute Gasteiger partial charge is 0.477 e. The van der Waals surface area contributed by atoms with E-state index in [1.165, 1.54) is 18.2 Å². The molecule has 0 saturated carbocycles. The third-order valence-corrected chi connectivity index (χ3v) is 1.92. The van der Waals surface area contributed by atoms with Crippen LogP contribution in [0.2, 0.25) is 0 Å². The van der Waals surface area contributed by atoms with Gasteiger partial charge in [0.1, 0.15) is 11.6 Å². The van der Waals surface area contributed by atoms with Gasteiger partial charge in [-0.3, -0.25) is 0 Å². The second-order valence-corrected chi connectivity index (χ2v) is 2.98. The standard InChI is InChI=1S/C10H8BNO4/c12-6-8(10(13)14)5-7-3-1-2-4-9(7)11(15)16/h1-5,15-16H,(H,13,14)/b8-5+. The highest BCUT2D eigenvalue weighted by Gasteiger charge is 2.15. The van der Waals surface area contributed by atoms with Crippen LogP contribution in [0, 0.1) is 11.3 Å². The zero-order valence-electron chi connectivity index (χ0n) is 8.16. The van der Waals surface area contributed by atoms with E-state index >= 15 is 0 Å². The Kier molecular flexibility index (Phi) is 3.83. The van der Waals surface area contributed by atoms with Crippen LogP contribution in [0.1, 0.15) is 5.56 Å². The van der Waals surface area contributed by atoms with E-state index in [2.05, 4.69) is 0 Å². The Hall–Kier alpha value is -2.10. The van der Waals surface area contributed by atoms with Crippen LogP contribution in [0.25, 0.3) is 6.08 Å². The summed E-state index contributed by atoms with van der Waals surface area (Å²) in [6.45, 7) is 0. The van der Waals surface area contributed by atoms with Gasteiger partial charge in [0.05, 0.1) is 0 Å². The monoisotopic (exact) mass is 217 g/mol. The molecule has 0 aliphatic rings. The zero-order chi connectivity index (χ0) is 12.1. The number of benzene rings is 1. The maximum atomic E-state index is 10.6. The van der Waals surface area contributed by atoms with Gasteiger partial charge in [0.25, 0.3) is 0 Å². The lowest BCUT2D eigenvalue weighted by Gasteiger charge is -2.03. The van der Waals surface area contributed by atoms with Crippen LogP contribution in [-0.2, 0) is 4.79 Å². The Morgan fingerprint density at radius 1 is 1.38 bits per heavy atom. The number of carboxylic acid groups (broad SMARTS) is 1. The molecule has 0 bridgehead atoms. The molecule has 6 heteroatoms. The average molecular weight is 217 g/mol. The minimum atomic E-state index is -1.71. The quantitative estimate of drug-likeness (QED) is 0.355. The van der Waals surface area contributed by atoms with E-state index in [4.69, 9.17) is 20.4 Å². The molecule has 80 valence electrons. The predicted molar refractivity (Wildman–Crippen MR) is 57.5 cm³/mol. The van der Waals surface area contributed by atoms with E-state index in [0.29, 0.717) is 0 Å². The van der Waals surface area contributed by atoms with E-state index in [1.807, 2.05) is 0 Å². The van der Waals surface area contributed by atoms with E-state index in [1.54, 1.807) is 12.1 Å². The highest BCUT2D eigenvalue weighted by Crippen LogP contribution is 2.05. The molecule has 1 aromatic rings. The van der Waals surface area contributed by atoms with Crippen molar-refractivity contribution in [3.05, 3.63) is 35.4 Å². The summed E-state index contributed by atoms with van der Waals surface area (Å²) >= 11 is 0. The van der Waals surface area contributed by atoms with Crippen molar-refractivity contribution in [2.75, 3.05) is 0 Å². The van der Waals surface area contributed by atoms with Crippen molar-refractivity contribution in [1.29, 1.82) is 5.26 Å². The molecule has 0 saturated heterocycles. The van der Waals surface area contributed by atoms with Crippen LogP contribution in [-0.4, -0.2) is 28.2 Å². The molecule has 5 nitrogen and oxygen atoms in total. The van der Waals surface area contributed by atoms with Crippen LogP contribution in [0.3, 0.4) is 0 Å². The lowest BCUT2D eigenvalue weighted by molar-refractivity contribution is -0.132. The largest absolute Gasteiger partial charge is 0.489 e. The van der Waals surface area contributed by atoms with Gasteiger partial charge in [-0.05, 0) is 17.1 Å². The Labute approximate surface area is 92.0 Å². The number of carboxylic acids is 1. The summed E-state index contributed by atoms with van der Waals surface area (Å²) in [4.78, 5) is 10.6. The summed E-state index contributed by atoms with van der Waals surface area (Å²) in [7, 11) is -1.71. The number of hydrogen-bond donors (Lipinski definition) is 3. The molecular weight excluding hydrogens is 209 g/mol. The van der Waals surface area contributed by atoms with Crippen LogP contribution < -0.4 is 5.46 Å². The number of nitrogens with zero attached hydrogens (tertiary/aromatic N) is 1. The molecule has 1 rings (SSSR count). The fourth-order valence-corrected chi connectivity index (χ4v) is 1.17. The Morgan fingerprint density at radius 3 is 2.50 bits per heavy atom. The number of hydrogen-bond acceptors (Lipinski definition) is 4. The highest BCUT2D eigenvalue weighted by atomic mass is 16.4. The summed E-state index contributed by atoms with van der Waals surface area (Å²) in [5.41, 5.74) is -0.0268. The van der Waals surface area contributed by atoms with E-state index in [9.17, 15) is 4.79 Å². The molecule has 0 spiro atoms. The molecule has 0 amide bonds. The first-order valence-electron chi connectivity index (χ1n) is 4.36. The first-order chi connectivity index (χ1) is 7.56. The molecule has 1 aromatic carbocycles. The van der Waals surface area contributed by atoms with E-state index in [0.717, 1.165) is 6.08 Å². The van der Waals surface area contributed by atoms with Gasteiger partial charge < -0.3 is 15.2 Å². The fraction of sp³-hybridized carbons (Fsp3) is 0. The summed E-state index contributed by atoms with van der Waals surface area (Å²) in [6, 6.07) is 7.64. The van der Waals surface area contributed by atoms with Crippen molar-refractivity contribution < 1.29 is 19.9 Å². The molecule has 0 fully saturated rings. The lowest BCUT2D eigenvalue weighted by atomic mass is 9.77. The summed E-state index contributed by atoms with van der Waals surface area (Å²) in [6.07, 6.45) is 1.09. The third-order valence-electron chi connectivity index (χ3n) is 1.92. The zero-order valence-corrected chi connectivity index (χ0v) is 8.16. The number of rotatable bonds is 3. The first-order valence-corrected chi connectivity index (χ1v) is 4.36. The fourth-order valence-electron chi connectivity index (χ4n) is 1.17.